The van der Waals surface area contributed by atoms with Crippen LogP contribution in [0.2, 0.25) is 0 Å². The molecule has 3 atom stereocenters. The first kappa shape index (κ1) is 18.1. The summed E-state index contributed by atoms with van der Waals surface area (Å²) >= 11 is 6.86. The number of thiophene rings is 1. The maximum absolute atomic E-state index is 12.5. The Kier molecular flexibility index (Phi) is 5.59. The number of aryl methyl sites for hydroxylation is 1. The van der Waals surface area contributed by atoms with Gasteiger partial charge in [0.05, 0.1) is 4.88 Å². The average molecular weight is 376 g/mol. The summed E-state index contributed by atoms with van der Waals surface area (Å²) < 4.78 is 1.12. The molecule has 3 N–H and O–H groups in total. The van der Waals surface area contributed by atoms with Gasteiger partial charge in [0, 0.05) is 10.7 Å². The molecule has 1 aromatic carbocycles. The van der Waals surface area contributed by atoms with E-state index in [4.69, 9.17) is 12.2 Å². The topological polar surface area (TPSA) is 53.2 Å². The molecule has 1 aromatic heterocycles. The standard InChI is InChI=1S/C19H25N3OS2/c1-11-7-6-9-15(12(11)2)20-19(24)22-21-18(23)17-13(3)14-8-4-5-10-16(14)25-17/h4-5,8,10-12,15H,6-7,9H2,1-3H3,(H,21,23)(H2,20,22,24)/t11-,12-,15-/m0/s1. The molecule has 0 spiro atoms. The Bertz CT molecular complexity index is 786. The number of carbonyl (C=O) groups is 1. The summed E-state index contributed by atoms with van der Waals surface area (Å²) in [6.07, 6.45) is 3.62. The molecule has 0 bridgehead atoms. The normalized spacial score (nSPS) is 23.2. The van der Waals surface area contributed by atoms with Gasteiger partial charge in [-0.1, -0.05) is 44.9 Å². The molecule has 4 nitrogen and oxygen atoms in total. The molecule has 1 heterocycles. The predicted octanol–water partition coefficient (Wildman–Crippen LogP) is 4.14. The van der Waals surface area contributed by atoms with Crippen LogP contribution < -0.4 is 16.2 Å². The third-order valence-electron chi connectivity index (χ3n) is 5.36. The molecule has 0 radical (unpaired) electrons. The van der Waals surface area contributed by atoms with Gasteiger partial charge >= 0.3 is 0 Å². The quantitative estimate of drug-likeness (QED) is 0.545. The second kappa shape index (κ2) is 7.70. The Morgan fingerprint density at radius 3 is 2.72 bits per heavy atom. The Morgan fingerprint density at radius 2 is 1.96 bits per heavy atom. The number of rotatable bonds is 2. The van der Waals surface area contributed by atoms with Crippen molar-refractivity contribution < 1.29 is 4.79 Å². The second-order valence-corrected chi connectivity index (χ2v) is 8.44. The van der Waals surface area contributed by atoms with Gasteiger partial charge in [0.15, 0.2) is 5.11 Å². The van der Waals surface area contributed by atoms with Crippen molar-refractivity contribution in [3.05, 3.63) is 34.7 Å². The third kappa shape index (κ3) is 3.96. The number of fused-ring (bicyclic) bond motifs is 1. The smallest absolute Gasteiger partial charge is 0.280 e. The fraction of sp³-hybridized carbons (Fsp3) is 0.474. The molecule has 25 heavy (non-hydrogen) atoms. The van der Waals surface area contributed by atoms with E-state index in [-0.39, 0.29) is 5.91 Å². The summed E-state index contributed by atoms with van der Waals surface area (Å²) in [7, 11) is 0. The molecule has 1 saturated carbocycles. The van der Waals surface area contributed by atoms with E-state index in [2.05, 4.69) is 30.0 Å². The minimum Gasteiger partial charge on any atom is -0.358 e. The van der Waals surface area contributed by atoms with Crippen LogP contribution in [-0.4, -0.2) is 17.1 Å². The van der Waals surface area contributed by atoms with Crippen molar-refractivity contribution in [1.82, 2.24) is 16.2 Å². The van der Waals surface area contributed by atoms with Crippen LogP contribution in [0, 0.1) is 18.8 Å². The highest BCUT2D eigenvalue weighted by Gasteiger charge is 2.27. The van der Waals surface area contributed by atoms with Gasteiger partial charge in [-0.25, -0.2) is 0 Å². The van der Waals surface area contributed by atoms with E-state index >= 15 is 0 Å². The van der Waals surface area contributed by atoms with Gasteiger partial charge in [0.2, 0.25) is 0 Å². The number of nitrogens with one attached hydrogen (secondary N) is 3. The fourth-order valence-electron chi connectivity index (χ4n) is 3.55. The molecule has 0 saturated heterocycles. The lowest BCUT2D eigenvalue weighted by atomic mass is 9.78. The molecule has 2 aromatic rings. The van der Waals surface area contributed by atoms with Gasteiger partial charge in [-0.3, -0.25) is 15.6 Å². The fourth-order valence-corrected chi connectivity index (χ4v) is 4.86. The van der Waals surface area contributed by atoms with Gasteiger partial charge in [-0.2, -0.15) is 0 Å². The van der Waals surface area contributed by atoms with Crippen LogP contribution in [0.5, 0.6) is 0 Å². The molecule has 0 aliphatic heterocycles. The summed E-state index contributed by atoms with van der Waals surface area (Å²) in [4.78, 5) is 13.2. The van der Waals surface area contributed by atoms with E-state index in [0.29, 0.717) is 23.0 Å². The number of hydrogen-bond acceptors (Lipinski definition) is 3. The first-order chi connectivity index (χ1) is 12.0. The van der Waals surface area contributed by atoms with Gasteiger partial charge in [0.25, 0.3) is 5.91 Å². The highest BCUT2D eigenvalue weighted by atomic mass is 32.1. The second-order valence-electron chi connectivity index (χ2n) is 6.98. The number of benzene rings is 1. The summed E-state index contributed by atoms with van der Waals surface area (Å²) in [5.74, 6) is 1.13. The van der Waals surface area contributed by atoms with Crippen molar-refractivity contribution in [2.75, 3.05) is 0 Å². The molecular formula is C19H25N3OS2. The lowest BCUT2D eigenvalue weighted by Gasteiger charge is -2.35. The number of amides is 1. The monoisotopic (exact) mass is 375 g/mol. The molecule has 134 valence electrons. The SMILES string of the molecule is Cc1c(C(=O)NNC(=S)N[C@H]2CCC[C@H](C)[C@@H]2C)sc2ccccc12. The van der Waals surface area contributed by atoms with Gasteiger partial charge in [-0.15, -0.1) is 11.3 Å². The van der Waals surface area contributed by atoms with Crippen molar-refractivity contribution >= 4 is 44.7 Å². The zero-order valence-corrected chi connectivity index (χ0v) is 16.5. The van der Waals surface area contributed by atoms with Crippen LogP contribution >= 0.6 is 23.6 Å². The Morgan fingerprint density at radius 1 is 1.20 bits per heavy atom. The van der Waals surface area contributed by atoms with Crippen LogP contribution in [0.15, 0.2) is 24.3 Å². The molecule has 0 unspecified atom stereocenters. The van der Waals surface area contributed by atoms with E-state index < -0.39 is 0 Å². The summed E-state index contributed by atoms with van der Waals surface area (Å²) in [5.41, 5.74) is 6.60. The molecule has 1 aliphatic carbocycles. The Balaban J connectivity index is 1.58. The summed E-state index contributed by atoms with van der Waals surface area (Å²) in [6, 6.07) is 8.43. The van der Waals surface area contributed by atoms with Crippen molar-refractivity contribution in [3.63, 3.8) is 0 Å². The van der Waals surface area contributed by atoms with Gasteiger partial charge < -0.3 is 5.32 Å². The number of hydrogen-bond donors (Lipinski definition) is 3. The zero-order chi connectivity index (χ0) is 18.0. The third-order valence-corrected chi connectivity index (χ3v) is 6.85. The molecule has 1 amide bonds. The first-order valence-electron chi connectivity index (χ1n) is 8.82. The van der Waals surface area contributed by atoms with Crippen LogP contribution in [-0.2, 0) is 0 Å². The van der Waals surface area contributed by atoms with Gasteiger partial charge in [0.1, 0.15) is 0 Å². The lowest BCUT2D eigenvalue weighted by molar-refractivity contribution is 0.0947. The van der Waals surface area contributed by atoms with E-state index in [9.17, 15) is 4.79 Å². The molecule has 6 heteroatoms. The number of thiocarbonyl (C=S) groups is 1. The maximum Gasteiger partial charge on any atom is 0.280 e. The molecule has 1 fully saturated rings. The predicted molar refractivity (Wildman–Crippen MR) is 109 cm³/mol. The largest absolute Gasteiger partial charge is 0.358 e. The lowest BCUT2D eigenvalue weighted by Crippen LogP contribution is -2.52. The van der Waals surface area contributed by atoms with Gasteiger partial charge in [-0.05, 0) is 54.4 Å². The van der Waals surface area contributed by atoms with Crippen LogP contribution in [0.1, 0.15) is 48.3 Å². The van der Waals surface area contributed by atoms with Crippen LogP contribution in [0.25, 0.3) is 10.1 Å². The Labute approximate surface area is 158 Å². The molecular weight excluding hydrogens is 350 g/mol. The minimum absolute atomic E-state index is 0.145. The van der Waals surface area contributed by atoms with Crippen LogP contribution in [0.3, 0.4) is 0 Å². The average Bonchev–Trinajstić information content (AvgIpc) is 2.94. The number of hydrazine groups is 1. The molecule has 1 aliphatic rings. The van der Waals surface area contributed by atoms with E-state index in [0.717, 1.165) is 26.9 Å². The molecule has 3 rings (SSSR count). The van der Waals surface area contributed by atoms with Crippen molar-refractivity contribution in [1.29, 1.82) is 0 Å². The van der Waals surface area contributed by atoms with Crippen LogP contribution in [0.4, 0.5) is 0 Å². The van der Waals surface area contributed by atoms with E-state index in [1.54, 1.807) is 0 Å². The Hall–Kier alpha value is -1.66. The highest BCUT2D eigenvalue weighted by Crippen LogP contribution is 2.30. The minimum atomic E-state index is -0.145. The summed E-state index contributed by atoms with van der Waals surface area (Å²) in [5, 5.41) is 4.97. The number of carbonyl (C=O) groups excluding carboxylic acids is 1. The van der Waals surface area contributed by atoms with Crippen molar-refractivity contribution in [2.45, 2.75) is 46.1 Å². The highest BCUT2D eigenvalue weighted by molar-refractivity contribution is 7.80. The first-order valence-corrected chi connectivity index (χ1v) is 10.0. The van der Waals surface area contributed by atoms with Crippen molar-refractivity contribution in [2.24, 2.45) is 11.8 Å². The maximum atomic E-state index is 12.5. The van der Waals surface area contributed by atoms with E-state index in [1.165, 1.54) is 24.2 Å². The van der Waals surface area contributed by atoms with E-state index in [1.807, 2.05) is 31.2 Å². The summed E-state index contributed by atoms with van der Waals surface area (Å²) in [6.45, 7) is 6.54. The zero-order valence-electron chi connectivity index (χ0n) is 14.9. The van der Waals surface area contributed by atoms with Crippen molar-refractivity contribution in [3.8, 4) is 0 Å².